The Hall–Kier alpha value is -3.96. The highest BCUT2D eigenvalue weighted by Crippen LogP contribution is 2.41. The number of nitrogens with zero attached hydrogens (tertiary/aromatic N) is 3. The number of phenols is 1. The third kappa shape index (κ3) is 8.27. The molecule has 5 rings (SSSR count). The highest BCUT2D eigenvalue weighted by Gasteiger charge is 2.38. The molecule has 1 fully saturated rings. The first-order valence-electron chi connectivity index (χ1n) is 17.0. The molecular weight excluding hydrogens is 622 g/mol. The first kappa shape index (κ1) is 36.3. The van der Waals surface area contributed by atoms with Crippen LogP contribution in [0.15, 0.2) is 48.7 Å². The molecule has 0 spiro atoms. The number of fused-ring (bicyclic) bond motifs is 1. The number of pyridine rings is 1. The van der Waals surface area contributed by atoms with Crippen LogP contribution >= 0.6 is 0 Å². The number of aryl methyl sites for hydroxylation is 2. The summed E-state index contributed by atoms with van der Waals surface area (Å²) in [5, 5.41) is 30.7. The second-order valence-corrected chi connectivity index (χ2v) is 14.6. The zero-order chi connectivity index (χ0) is 35.7. The van der Waals surface area contributed by atoms with E-state index in [1.165, 1.54) is 0 Å². The van der Waals surface area contributed by atoms with Crippen molar-refractivity contribution in [2.24, 2.45) is 0 Å². The summed E-state index contributed by atoms with van der Waals surface area (Å²) >= 11 is 0. The number of aliphatic carboxylic acids is 1. The number of imidazole rings is 1. The van der Waals surface area contributed by atoms with Gasteiger partial charge in [-0.2, -0.15) is 0 Å². The lowest BCUT2D eigenvalue weighted by atomic mass is 9.92. The number of anilines is 1. The van der Waals surface area contributed by atoms with Crippen LogP contribution < -0.4 is 4.90 Å². The van der Waals surface area contributed by atoms with Gasteiger partial charge in [-0.3, -0.25) is 4.40 Å². The maximum Gasteiger partial charge on any atom is 0.337 e. The van der Waals surface area contributed by atoms with Crippen molar-refractivity contribution in [1.82, 2.24) is 9.38 Å². The topological polar surface area (TPSA) is 126 Å². The zero-order valence-corrected chi connectivity index (χ0v) is 30.0. The number of hydrogen-bond donors (Lipinski definition) is 3. The van der Waals surface area contributed by atoms with E-state index in [4.69, 9.17) is 19.2 Å². The number of carboxylic acids is 1. The fraction of sp³-hybridized carbons (Fsp3) is 0.487. The standard InChI is InChI=1S/C39H51N3O7/c1-24-12-13-32(44)30(20-24)28-10-9-11-29(21-28)31-22-42-35(40-31)27(4)26(3)33(34(37(45)46)49-38(5,6)7)36(42)41-16-14-39(8,15-17-41)48-19-18-47-23-25(2)43/h9-13,20-22,25,34,43-44H,14-19,23H2,1-8H3,(H,45,46). The van der Waals surface area contributed by atoms with Gasteiger partial charge in [0.25, 0.3) is 0 Å². The number of carboxylic acid groups (broad SMARTS) is 1. The van der Waals surface area contributed by atoms with Crippen LogP contribution in [0.1, 0.15) is 75.8 Å². The quantitative estimate of drug-likeness (QED) is 0.136. The molecule has 2 aromatic carbocycles. The third-order valence-electron chi connectivity index (χ3n) is 9.21. The number of benzene rings is 2. The Morgan fingerprint density at radius 3 is 2.37 bits per heavy atom. The van der Waals surface area contributed by atoms with Crippen LogP contribution in [0.2, 0.25) is 0 Å². The predicted octanol–water partition coefficient (Wildman–Crippen LogP) is 7.01. The van der Waals surface area contributed by atoms with Gasteiger partial charge >= 0.3 is 5.97 Å². The van der Waals surface area contributed by atoms with Crippen molar-refractivity contribution >= 4 is 17.4 Å². The van der Waals surface area contributed by atoms with Crippen molar-refractivity contribution in [2.75, 3.05) is 37.8 Å². The molecule has 1 aliphatic heterocycles. The van der Waals surface area contributed by atoms with E-state index < -0.39 is 23.8 Å². The maximum atomic E-state index is 12.9. The second kappa shape index (κ2) is 14.5. The Kier molecular flexibility index (Phi) is 10.7. The van der Waals surface area contributed by atoms with Crippen LogP contribution in [0.4, 0.5) is 5.82 Å². The summed E-state index contributed by atoms with van der Waals surface area (Å²) in [4.78, 5) is 20.3. The summed E-state index contributed by atoms with van der Waals surface area (Å²) < 4.78 is 20.1. The number of hydrogen-bond acceptors (Lipinski definition) is 8. The molecule has 0 radical (unpaired) electrons. The minimum atomic E-state index is -1.20. The number of aliphatic hydroxyl groups is 1. The van der Waals surface area contributed by atoms with Crippen LogP contribution in [0.25, 0.3) is 28.0 Å². The Balaban J connectivity index is 1.58. The van der Waals surface area contributed by atoms with Crippen molar-refractivity contribution in [1.29, 1.82) is 0 Å². The summed E-state index contributed by atoms with van der Waals surface area (Å²) in [5.41, 5.74) is 6.27. The summed E-state index contributed by atoms with van der Waals surface area (Å²) in [7, 11) is 0. The maximum absolute atomic E-state index is 12.9. The van der Waals surface area contributed by atoms with E-state index in [9.17, 15) is 20.1 Å². The van der Waals surface area contributed by atoms with Crippen molar-refractivity contribution in [3.8, 4) is 28.1 Å². The van der Waals surface area contributed by atoms with E-state index in [0.717, 1.165) is 63.4 Å². The fourth-order valence-electron chi connectivity index (χ4n) is 6.50. The minimum absolute atomic E-state index is 0.211. The van der Waals surface area contributed by atoms with Crippen LogP contribution in [-0.4, -0.2) is 80.9 Å². The third-order valence-corrected chi connectivity index (χ3v) is 9.21. The number of aromatic hydroxyl groups is 1. The molecule has 3 heterocycles. The van der Waals surface area contributed by atoms with E-state index in [2.05, 4.69) is 11.8 Å². The lowest BCUT2D eigenvalue weighted by Crippen LogP contribution is -2.46. The number of aromatic nitrogens is 2. The van der Waals surface area contributed by atoms with Crippen molar-refractivity contribution in [2.45, 2.75) is 91.6 Å². The number of carbonyl (C=O) groups is 1. The van der Waals surface area contributed by atoms with Gasteiger partial charge in [0, 0.05) is 36.0 Å². The molecular formula is C39H51N3O7. The van der Waals surface area contributed by atoms with Gasteiger partial charge in [0.2, 0.25) is 0 Å². The highest BCUT2D eigenvalue weighted by molar-refractivity contribution is 5.81. The monoisotopic (exact) mass is 673 g/mol. The summed E-state index contributed by atoms with van der Waals surface area (Å²) in [6.07, 6.45) is 1.70. The van der Waals surface area contributed by atoms with Crippen LogP contribution in [0.5, 0.6) is 5.75 Å². The molecule has 0 bridgehead atoms. The first-order valence-corrected chi connectivity index (χ1v) is 17.0. The molecule has 1 aliphatic rings. The molecule has 10 nitrogen and oxygen atoms in total. The van der Waals surface area contributed by atoms with Gasteiger partial charge in [0.1, 0.15) is 17.2 Å². The molecule has 1 saturated heterocycles. The van der Waals surface area contributed by atoms with E-state index in [0.29, 0.717) is 31.9 Å². The van der Waals surface area contributed by atoms with E-state index in [-0.39, 0.29) is 18.0 Å². The van der Waals surface area contributed by atoms with Gasteiger partial charge in [0.15, 0.2) is 6.10 Å². The summed E-state index contributed by atoms with van der Waals surface area (Å²) in [6.45, 7) is 17.7. The Morgan fingerprint density at radius 1 is 1.02 bits per heavy atom. The van der Waals surface area contributed by atoms with Gasteiger partial charge in [0.05, 0.1) is 42.8 Å². The largest absolute Gasteiger partial charge is 0.507 e. The SMILES string of the molecule is Cc1ccc(O)c(-c2cccc(-c3cn4c(N5CCC(C)(OCCOCC(C)O)CC5)c(C(OC(C)(C)C)C(=O)O)c(C)c(C)c4n3)c2)c1. The van der Waals surface area contributed by atoms with Crippen molar-refractivity contribution in [3.63, 3.8) is 0 Å². The molecule has 10 heteroatoms. The van der Waals surface area contributed by atoms with Crippen LogP contribution in [0.3, 0.4) is 0 Å². The Morgan fingerprint density at radius 2 is 1.71 bits per heavy atom. The molecule has 264 valence electrons. The lowest BCUT2D eigenvalue weighted by Gasteiger charge is -2.42. The Labute approximate surface area is 289 Å². The molecule has 2 unspecified atom stereocenters. The summed E-state index contributed by atoms with van der Waals surface area (Å²) in [5.74, 6) is -0.0854. The highest BCUT2D eigenvalue weighted by atomic mass is 16.5. The van der Waals surface area contributed by atoms with E-state index in [1.54, 1.807) is 13.0 Å². The number of rotatable bonds is 12. The molecule has 2 aromatic heterocycles. The van der Waals surface area contributed by atoms with Crippen LogP contribution in [0, 0.1) is 20.8 Å². The Bertz CT molecular complexity index is 1800. The molecule has 2 atom stereocenters. The average molecular weight is 674 g/mol. The molecule has 3 N–H and O–H groups in total. The predicted molar refractivity (Wildman–Crippen MR) is 191 cm³/mol. The lowest BCUT2D eigenvalue weighted by molar-refractivity contribution is -0.160. The molecule has 0 saturated carbocycles. The summed E-state index contributed by atoms with van der Waals surface area (Å²) in [6, 6.07) is 13.5. The van der Waals surface area contributed by atoms with Crippen molar-refractivity contribution in [3.05, 3.63) is 70.9 Å². The van der Waals surface area contributed by atoms with Gasteiger partial charge in [-0.15, -0.1) is 0 Å². The zero-order valence-electron chi connectivity index (χ0n) is 30.0. The second-order valence-electron chi connectivity index (χ2n) is 14.6. The van der Waals surface area contributed by atoms with Gasteiger partial charge in [-0.1, -0.05) is 29.8 Å². The van der Waals surface area contributed by atoms with Crippen LogP contribution in [-0.2, 0) is 19.0 Å². The molecule has 49 heavy (non-hydrogen) atoms. The van der Waals surface area contributed by atoms with Gasteiger partial charge in [-0.05, 0) is 103 Å². The van der Waals surface area contributed by atoms with Gasteiger partial charge < -0.3 is 34.4 Å². The van der Waals surface area contributed by atoms with Gasteiger partial charge in [-0.25, -0.2) is 9.78 Å². The van der Waals surface area contributed by atoms with E-state index in [1.807, 2.05) is 88.5 Å². The first-order chi connectivity index (χ1) is 23.1. The molecule has 0 amide bonds. The number of piperidine rings is 1. The average Bonchev–Trinajstić information content (AvgIpc) is 3.48. The van der Waals surface area contributed by atoms with Crippen molar-refractivity contribution < 1.29 is 34.3 Å². The molecule has 0 aliphatic carbocycles. The number of aliphatic hydroxyl groups excluding tert-OH is 1. The fourth-order valence-corrected chi connectivity index (χ4v) is 6.50. The smallest absolute Gasteiger partial charge is 0.337 e. The number of ether oxygens (including phenoxy) is 3. The molecule has 4 aromatic rings. The number of phenolic OH excluding ortho intramolecular Hbond substituents is 1. The van der Waals surface area contributed by atoms with E-state index >= 15 is 0 Å². The minimum Gasteiger partial charge on any atom is -0.507 e. The normalized spacial score (nSPS) is 16.2.